The van der Waals surface area contributed by atoms with Crippen molar-refractivity contribution in [3.8, 4) is 0 Å². The van der Waals surface area contributed by atoms with E-state index in [1.165, 1.54) is 6.39 Å². The van der Waals surface area contributed by atoms with Crippen molar-refractivity contribution in [3.05, 3.63) is 17.8 Å². The Kier molecular flexibility index (Phi) is 2.33. The molecular weight excluding hydrogens is 166 g/mol. The fourth-order valence-electron chi connectivity index (χ4n) is 1.86. The number of hydrogen-bond donors (Lipinski definition) is 2. The molecule has 0 bridgehead atoms. The highest BCUT2D eigenvalue weighted by atomic mass is 16.3. The van der Waals surface area contributed by atoms with E-state index in [4.69, 9.17) is 10.2 Å². The molecule has 2 unspecified atom stereocenters. The summed E-state index contributed by atoms with van der Waals surface area (Å²) in [5, 5.41) is 3.45. The summed E-state index contributed by atoms with van der Waals surface area (Å²) < 4.78 is 5.34. The Bertz CT molecular complexity index is 284. The first-order valence-electron chi connectivity index (χ1n) is 4.69. The lowest BCUT2D eigenvalue weighted by Crippen LogP contribution is -2.37. The van der Waals surface area contributed by atoms with Crippen LogP contribution >= 0.6 is 0 Å². The number of aromatic nitrogens is 1. The van der Waals surface area contributed by atoms with Crippen LogP contribution in [0.5, 0.6) is 0 Å². The monoisotopic (exact) mass is 181 g/mol. The summed E-state index contributed by atoms with van der Waals surface area (Å²) in [6.45, 7) is 2.83. The molecule has 0 saturated carbocycles. The van der Waals surface area contributed by atoms with Crippen molar-refractivity contribution < 1.29 is 4.42 Å². The minimum absolute atomic E-state index is 0.256. The molecule has 3 N–H and O–H groups in total. The van der Waals surface area contributed by atoms with E-state index < -0.39 is 0 Å². The molecule has 2 atom stereocenters. The summed E-state index contributed by atoms with van der Waals surface area (Å²) in [5.74, 6) is 0.976. The summed E-state index contributed by atoms with van der Waals surface area (Å²) in [6, 6.07) is 0.723. The van der Waals surface area contributed by atoms with E-state index in [0.29, 0.717) is 12.6 Å². The average molecular weight is 181 g/mol. The van der Waals surface area contributed by atoms with Crippen LogP contribution in [0.2, 0.25) is 0 Å². The topological polar surface area (TPSA) is 64.1 Å². The van der Waals surface area contributed by atoms with Gasteiger partial charge in [-0.1, -0.05) is 0 Å². The predicted octanol–water partition coefficient (Wildman–Crippen LogP) is 0.599. The van der Waals surface area contributed by atoms with Gasteiger partial charge >= 0.3 is 0 Å². The van der Waals surface area contributed by atoms with Gasteiger partial charge in [-0.3, -0.25) is 0 Å². The number of fused-ring (bicyclic) bond motifs is 1. The second-order valence-corrected chi connectivity index (χ2v) is 3.57. The molecule has 0 saturated heterocycles. The van der Waals surface area contributed by atoms with Crippen LogP contribution in [-0.2, 0) is 6.42 Å². The summed E-state index contributed by atoms with van der Waals surface area (Å²) >= 11 is 0. The molecule has 4 heteroatoms. The minimum Gasteiger partial charge on any atom is -0.447 e. The molecule has 1 aromatic rings. The standard InChI is InChI=1S/C9H15N3O/c1-6-4-8-9(13-5-11-8)7(12-6)2-3-10/h5-7,12H,2-4,10H2,1H3. The van der Waals surface area contributed by atoms with Gasteiger partial charge in [-0.25, -0.2) is 4.98 Å². The Morgan fingerprint density at radius 3 is 3.38 bits per heavy atom. The Labute approximate surface area is 77.5 Å². The van der Waals surface area contributed by atoms with Crippen LogP contribution < -0.4 is 11.1 Å². The maximum absolute atomic E-state index is 5.53. The molecule has 0 fully saturated rings. The van der Waals surface area contributed by atoms with Gasteiger partial charge in [0, 0.05) is 12.5 Å². The van der Waals surface area contributed by atoms with Gasteiger partial charge in [-0.05, 0) is 19.9 Å². The van der Waals surface area contributed by atoms with Crippen LogP contribution in [0, 0.1) is 0 Å². The number of nitrogens with one attached hydrogen (secondary N) is 1. The van der Waals surface area contributed by atoms with Crippen molar-refractivity contribution in [1.29, 1.82) is 0 Å². The first-order valence-corrected chi connectivity index (χ1v) is 4.69. The van der Waals surface area contributed by atoms with E-state index in [9.17, 15) is 0 Å². The zero-order valence-electron chi connectivity index (χ0n) is 7.79. The van der Waals surface area contributed by atoms with Gasteiger partial charge in [0.25, 0.3) is 0 Å². The number of nitrogens with two attached hydrogens (primary N) is 1. The van der Waals surface area contributed by atoms with Crippen LogP contribution in [0.25, 0.3) is 0 Å². The zero-order chi connectivity index (χ0) is 9.26. The number of oxazole rings is 1. The molecule has 1 aromatic heterocycles. The molecule has 1 aliphatic heterocycles. The minimum atomic E-state index is 0.256. The first kappa shape index (κ1) is 8.72. The van der Waals surface area contributed by atoms with E-state index in [1.54, 1.807) is 0 Å². The second-order valence-electron chi connectivity index (χ2n) is 3.57. The first-order chi connectivity index (χ1) is 6.31. The van der Waals surface area contributed by atoms with Crippen LogP contribution in [0.15, 0.2) is 10.8 Å². The third kappa shape index (κ3) is 1.59. The van der Waals surface area contributed by atoms with Gasteiger partial charge < -0.3 is 15.5 Å². The Hall–Kier alpha value is -0.870. The van der Waals surface area contributed by atoms with Crippen molar-refractivity contribution in [1.82, 2.24) is 10.3 Å². The lowest BCUT2D eigenvalue weighted by molar-refractivity contribution is 0.339. The highest BCUT2D eigenvalue weighted by molar-refractivity contribution is 5.17. The molecule has 0 aliphatic carbocycles. The number of hydrogen-bond acceptors (Lipinski definition) is 4. The van der Waals surface area contributed by atoms with Gasteiger partial charge in [-0.15, -0.1) is 0 Å². The van der Waals surface area contributed by atoms with Crippen LogP contribution in [0.1, 0.15) is 30.8 Å². The van der Waals surface area contributed by atoms with Gasteiger partial charge in [0.05, 0.1) is 11.7 Å². The molecule has 1 aliphatic rings. The Balaban J connectivity index is 2.22. The molecule has 0 radical (unpaired) electrons. The lowest BCUT2D eigenvalue weighted by Gasteiger charge is -2.26. The van der Waals surface area contributed by atoms with E-state index >= 15 is 0 Å². The van der Waals surface area contributed by atoms with Crippen LogP contribution in [0.3, 0.4) is 0 Å². The van der Waals surface area contributed by atoms with Crippen molar-refractivity contribution in [2.75, 3.05) is 6.54 Å². The molecule has 72 valence electrons. The average Bonchev–Trinajstić information content (AvgIpc) is 2.52. The molecule has 0 amide bonds. The fourth-order valence-corrected chi connectivity index (χ4v) is 1.86. The van der Waals surface area contributed by atoms with Crippen molar-refractivity contribution in [2.45, 2.75) is 31.8 Å². The summed E-state index contributed by atoms with van der Waals surface area (Å²) in [4.78, 5) is 4.19. The fraction of sp³-hybridized carbons (Fsp3) is 0.667. The molecule has 0 aromatic carbocycles. The normalized spacial score (nSPS) is 27.2. The summed E-state index contributed by atoms with van der Waals surface area (Å²) in [6.07, 6.45) is 3.38. The third-order valence-electron chi connectivity index (χ3n) is 2.43. The Morgan fingerprint density at radius 1 is 1.77 bits per heavy atom. The molecule has 13 heavy (non-hydrogen) atoms. The van der Waals surface area contributed by atoms with Crippen molar-refractivity contribution >= 4 is 0 Å². The summed E-state index contributed by atoms with van der Waals surface area (Å²) in [5.41, 5.74) is 6.62. The quantitative estimate of drug-likeness (QED) is 0.701. The highest BCUT2D eigenvalue weighted by Crippen LogP contribution is 2.26. The number of rotatable bonds is 2. The smallest absolute Gasteiger partial charge is 0.181 e. The van der Waals surface area contributed by atoms with Gasteiger partial charge in [0.1, 0.15) is 5.76 Å². The third-order valence-corrected chi connectivity index (χ3v) is 2.43. The molecule has 2 heterocycles. The van der Waals surface area contributed by atoms with Gasteiger partial charge in [0.2, 0.25) is 0 Å². The van der Waals surface area contributed by atoms with E-state index in [1.807, 2.05) is 0 Å². The van der Waals surface area contributed by atoms with Crippen LogP contribution in [-0.4, -0.2) is 17.6 Å². The second kappa shape index (κ2) is 3.47. The largest absolute Gasteiger partial charge is 0.447 e. The van der Waals surface area contributed by atoms with Crippen LogP contribution in [0.4, 0.5) is 0 Å². The van der Waals surface area contributed by atoms with E-state index in [2.05, 4.69) is 17.2 Å². The van der Waals surface area contributed by atoms with E-state index in [-0.39, 0.29) is 6.04 Å². The summed E-state index contributed by atoms with van der Waals surface area (Å²) in [7, 11) is 0. The predicted molar refractivity (Wildman–Crippen MR) is 49.2 cm³/mol. The molecule has 4 nitrogen and oxygen atoms in total. The molecule has 0 spiro atoms. The Morgan fingerprint density at radius 2 is 2.62 bits per heavy atom. The van der Waals surface area contributed by atoms with Crippen molar-refractivity contribution in [3.63, 3.8) is 0 Å². The van der Waals surface area contributed by atoms with E-state index in [0.717, 1.165) is 24.3 Å². The maximum atomic E-state index is 5.53. The maximum Gasteiger partial charge on any atom is 0.181 e. The zero-order valence-corrected chi connectivity index (χ0v) is 7.79. The number of nitrogens with zero attached hydrogens (tertiary/aromatic N) is 1. The lowest BCUT2D eigenvalue weighted by atomic mass is 9.99. The molecule has 2 rings (SSSR count). The van der Waals surface area contributed by atoms with Crippen molar-refractivity contribution in [2.24, 2.45) is 5.73 Å². The van der Waals surface area contributed by atoms with Gasteiger partial charge in [0.15, 0.2) is 6.39 Å². The SMILES string of the molecule is CC1Cc2ncoc2C(CCN)N1. The highest BCUT2D eigenvalue weighted by Gasteiger charge is 2.26. The molecular formula is C9H15N3O. The van der Waals surface area contributed by atoms with Gasteiger partial charge in [-0.2, -0.15) is 0 Å².